The van der Waals surface area contributed by atoms with E-state index in [2.05, 4.69) is 15.6 Å². The first-order valence-electron chi connectivity index (χ1n) is 16.0. The van der Waals surface area contributed by atoms with Crippen LogP contribution in [-0.2, 0) is 14.3 Å². The fraction of sp³-hybridized carbons (Fsp3) is 0.545. The molecule has 1 unspecified atom stereocenters. The number of ether oxygens (including phenoxy) is 2. The molecule has 1 aromatic carbocycles. The van der Waals surface area contributed by atoms with Crippen molar-refractivity contribution in [3.63, 3.8) is 0 Å². The minimum atomic E-state index is -0.972. The number of pyridine rings is 1. The molecule has 14 heteroatoms. The average molecular weight is 685 g/mol. The van der Waals surface area contributed by atoms with Gasteiger partial charge in [0.05, 0.1) is 17.8 Å². The van der Waals surface area contributed by atoms with Crippen molar-refractivity contribution >= 4 is 56.9 Å². The van der Waals surface area contributed by atoms with Gasteiger partial charge < -0.3 is 35.8 Å². The summed E-state index contributed by atoms with van der Waals surface area (Å²) in [5.41, 5.74) is 6.50. The van der Waals surface area contributed by atoms with Crippen LogP contribution in [0.3, 0.4) is 0 Å². The second-order valence-corrected chi connectivity index (χ2v) is 15.5. The molecule has 2 aliphatic carbocycles. The molecule has 3 fully saturated rings. The first-order valence-corrected chi connectivity index (χ1v) is 17.2. The minimum Gasteiger partial charge on any atom is -0.506 e. The number of nitrogens with one attached hydrogen (secondary N) is 2. The Bertz CT molecular complexity index is 1700. The molecule has 252 valence electrons. The maximum Gasteiger partial charge on any atom is 0.408 e. The molecular weight excluding hydrogens is 644 g/mol. The lowest BCUT2D eigenvalue weighted by Gasteiger charge is -2.35. The van der Waals surface area contributed by atoms with Crippen molar-refractivity contribution in [3.8, 4) is 22.9 Å². The third-order valence-corrected chi connectivity index (χ3v) is 10.2. The van der Waals surface area contributed by atoms with Gasteiger partial charge in [0.25, 0.3) is 0 Å². The number of aromatic nitrogens is 2. The molecule has 6 atom stereocenters. The first kappa shape index (κ1) is 33.1. The van der Waals surface area contributed by atoms with Crippen molar-refractivity contribution < 1.29 is 29.0 Å². The molecule has 3 amide bonds. The summed E-state index contributed by atoms with van der Waals surface area (Å²) in [6, 6.07) is 3.09. The van der Waals surface area contributed by atoms with Crippen molar-refractivity contribution in [2.45, 2.75) is 90.6 Å². The molecule has 5 N–H and O–H groups in total. The number of primary amides is 1. The van der Waals surface area contributed by atoms with Crippen molar-refractivity contribution in [2.24, 2.45) is 23.0 Å². The number of rotatable bonds is 9. The van der Waals surface area contributed by atoms with Crippen LogP contribution in [0.4, 0.5) is 9.93 Å². The zero-order valence-corrected chi connectivity index (χ0v) is 28.7. The Balaban J connectivity index is 1.25. The van der Waals surface area contributed by atoms with E-state index in [4.69, 9.17) is 31.8 Å². The maximum absolute atomic E-state index is 14.1. The number of carbonyl (C=O) groups is 3. The molecule has 0 bridgehead atoms. The van der Waals surface area contributed by atoms with Crippen LogP contribution in [0.25, 0.3) is 22.3 Å². The summed E-state index contributed by atoms with van der Waals surface area (Å²) < 4.78 is 12.2. The largest absolute Gasteiger partial charge is 0.506 e. The van der Waals surface area contributed by atoms with Gasteiger partial charge in [-0.05, 0) is 62.5 Å². The number of hydrogen-bond acceptors (Lipinski definition) is 10. The molecule has 47 heavy (non-hydrogen) atoms. The number of phenols is 1. The summed E-state index contributed by atoms with van der Waals surface area (Å²) in [5, 5.41) is 19.6. The number of nitrogens with zero attached hydrogens (tertiary/aromatic N) is 3. The Morgan fingerprint density at radius 3 is 2.47 bits per heavy atom. The number of aromatic hydroxyl groups is 1. The van der Waals surface area contributed by atoms with Crippen molar-refractivity contribution in [1.29, 1.82) is 0 Å². The smallest absolute Gasteiger partial charge is 0.408 e. The standard InChI is InChI=1S/C33H41ClN6O6S/c1-15(2)36-31-38-22(14-47-31)21-12-25(20-6-7-24(41)26(34)27(20)37-21)45-19-11-23(29(35)42)40(13-19)30(43)28(33(3,4)5)39-32(44)46-18-9-16-8-17(16)10-18/h6-7,12,14-19,23,28,41H,8-11,13H2,1-5H3,(H2,35,42)(H,36,38)(H,39,44)/t16-,17+,18+,19?,23-,28+/m0/s1. The van der Waals surface area contributed by atoms with Gasteiger partial charge in [-0.25, -0.2) is 14.8 Å². The van der Waals surface area contributed by atoms with Gasteiger partial charge in [-0.1, -0.05) is 32.4 Å². The molecule has 2 saturated carbocycles. The van der Waals surface area contributed by atoms with E-state index in [9.17, 15) is 19.5 Å². The van der Waals surface area contributed by atoms with Crippen LogP contribution in [0.2, 0.25) is 5.02 Å². The summed E-state index contributed by atoms with van der Waals surface area (Å²) in [5.74, 6) is 0.420. The van der Waals surface area contributed by atoms with Gasteiger partial charge in [-0.15, -0.1) is 11.3 Å². The summed E-state index contributed by atoms with van der Waals surface area (Å²) in [7, 11) is 0. The normalized spacial score (nSPS) is 24.2. The van der Waals surface area contributed by atoms with Crippen molar-refractivity contribution in [3.05, 3.63) is 28.6 Å². The summed E-state index contributed by atoms with van der Waals surface area (Å²) in [6.45, 7) is 9.60. The molecule has 12 nitrogen and oxygen atoms in total. The van der Waals surface area contributed by atoms with Crippen LogP contribution in [0.1, 0.15) is 60.3 Å². The van der Waals surface area contributed by atoms with Crippen molar-refractivity contribution in [2.75, 3.05) is 11.9 Å². The Hall–Kier alpha value is -3.84. The number of hydrogen-bond donors (Lipinski definition) is 4. The monoisotopic (exact) mass is 684 g/mol. The number of carbonyl (C=O) groups excluding carboxylic acids is 3. The molecule has 3 aliphatic rings. The van der Waals surface area contributed by atoms with Gasteiger partial charge in [-0.3, -0.25) is 9.59 Å². The first-order chi connectivity index (χ1) is 22.2. The number of benzene rings is 1. The van der Waals surface area contributed by atoms with Crippen LogP contribution in [0, 0.1) is 17.3 Å². The predicted octanol–water partition coefficient (Wildman–Crippen LogP) is 5.31. The van der Waals surface area contributed by atoms with Crippen molar-refractivity contribution in [1.82, 2.24) is 20.2 Å². The molecule has 0 radical (unpaired) electrons. The van der Waals surface area contributed by atoms with Gasteiger partial charge in [0, 0.05) is 29.3 Å². The van der Waals surface area contributed by atoms with Crippen LogP contribution in [-0.4, -0.2) is 74.8 Å². The fourth-order valence-electron chi connectivity index (χ4n) is 6.60. The fourth-order valence-corrected chi connectivity index (χ4v) is 7.66. The minimum absolute atomic E-state index is 0.0475. The zero-order valence-electron chi connectivity index (χ0n) is 27.1. The highest BCUT2D eigenvalue weighted by molar-refractivity contribution is 7.14. The van der Waals surface area contributed by atoms with Crippen LogP contribution in [0.15, 0.2) is 23.6 Å². The van der Waals surface area contributed by atoms with Crippen LogP contribution >= 0.6 is 22.9 Å². The molecule has 2 aromatic heterocycles. The van der Waals surface area contributed by atoms with E-state index in [0.29, 0.717) is 39.9 Å². The number of fused-ring (bicyclic) bond motifs is 2. The predicted molar refractivity (Wildman–Crippen MR) is 179 cm³/mol. The Morgan fingerprint density at radius 2 is 1.81 bits per heavy atom. The van der Waals surface area contributed by atoms with E-state index < -0.39 is 41.5 Å². The lowest BCUT2D eigenvalue weighted by Crippen LogP contribution is -2.57. The SMILES string of the molecule is CC(C)Nc1nc(-c2cc(OC3C[C@@H](C(N)=O)N(C(=O)[C@@H](NC(=O)O[C@@H]4C[C@@H]5C[C@@H]5C4)C(C)(C)C)C3)c3ccc(O)c(Cl)c3n2)cs1. The van der Waals surface area contributed by atoms with Gasteiger partial charge in [0.2, 0.25) is 11.8 Å². The van der Waals surface area contributed by atoms with E-state index in [-0.39, 0.29) is 35.9 Å². The van der Waals surface area contributed by atoms with E-state index in [0.717, 1.165) is 18.0 Å². The molecule has 3 heterocycles. The number of nitrogens with two attached hydrogens (primary N) is 1. The van der Waals surface area contributed by atoms with Crippen LogP contribution < -0.4 is 21.1 Å². The quantitative estimate of drug-likeness (QED) is 0.233. The number of halogens is 1. The highest BCUT2D eigenvalue weighted by atomic mass is 35.5. The third-order valence-electron chi connectivity index (χ3n) is 9.06. The number of amides is 3. The average Bonchev–Trinajstić information content (AvgIpc) is 3.34. The molecular formula is C33H41ClN6O6S. The number of phenolic OH excluding ortho intramolecular Hbond substituents is 1. The van der Waals surface area contributed by atoms with Gasteiger partial charge in [-0.2, -0.15) is 0 Å². The van der Waals surface area contributed by atoms with E-state index >= 15 is 0 Å². The highest BCUT2D eigenvalue weighted by Crippen LogP contribution is 2.52. The summed E-state index contributed by atoms with van der Waals surface area (Å²) in [4.78, 5) is 50.4. The maximum atomic E-state index is 14.1. The second kappa shape index (κ2) is 12.6. The molecule has 6 rings (SSSR count). The molecule has 3 aromatic rings. The Labute approximate surface area is 282 Å². The lowest BCUT2D eigenvalue weighted by molar-refractivity contribution is -0.141. The topological polar surface area (TPSA) is 169 Å². The summed E-state index contributed by atoms with van der Waals surface area (Å²) >= 11 is 7.93. The van der Waals surface area contributed by atoms with Crippen LogP contribution in [0.5, 0.6) is 11.5 Å². The van der Waals surface area contributed by atoms with Gasteiger partial charge in [0.15, 0.2) is 5.13 Å². The number of likely N-dealkylation sites (tertiary alicyclic amines) is 1. The van der Waals surface area contributed by atoms with Gasteiger partial charge in [0.1, 0.15) is 46.5 Å². The number of anilines is 1. The van der Waals surface area contributed by atoms with E-state index in [1.54, 1.807) is 12.1 Å². The Morgan fingerprint density at radius 1 is 1.09 bits per heavy atom. The summed E-state index contributed by atoms with van der Waals surface area (Å²) in [6.07, 6.45) is 1.63. The van der Waals surface area contributed by atoms with E-state index in [1.807, 2.05) is 40.0 Å². The second-order valence-electron chi connectivity index (χ2n) is 14.2. The number of thiazole rings is 1. The Kier molecular flexibility index (Phi) is 8.90. The van der Waals surface area contributed by atoms with Gasteiger partial charge >= 0.3 is 6.09 Å². The zero-order chi connectivity index (χ0) is 33.8. The molecule has 1 aliphatic heterocycles. The molecule has 0 spiro atoms. The third kappa shape index (κ3) is 7.06. The highest BCUT2D eigenvalue weighted by Gasteiger charge is 2.48. The lowest BCUT2D eigenvalue weighted by atomic mass is 9.85. The molecule has 1 saturated heterocycles. The van der Waals surface area contributed by atoms with E-state index in [1.165, 1.54) is 28.7 Å². The number of alkyl carbamates (subject to hydrolysis) is 1.